The number of hydrogen-bond donors (Lipinski definition) is 1. The Kier molecular flexibility index (Phi) is 6.95. The van der Waals surface area contributed by atoms with Crippen molar-refractivity contribution >= 4 is 34.2 Å². The lowest BCUT2D eigenvalue weighted by atomic mass is 10.2. The smallest absolute Gasteiger partial charge is 0.194 e. The molecule has 0 bridgehead atoms. The summed E-state index contributed by atoms with van der Waals surface area (Å²) in [6, 6.07) is 5.75. The second-order valence-electron chi connectivity index (χ2n) is 4.59. The summed E-state index contributed by atoms with van der Waals surface area (Å²) in [5, 5.41) is 4.00. The average Bonchev–Trinajstić information content (AvgIpc) is 2.94. The van der Waals surface area contributed by atoms with Crippen molar-refractivity contribution < 1.29 is 9.15 Å². The lowest BCUT2D eigenvalue weighted by molar-refractivity contribution is 0.199. The summed E-state index contributed by atoms with van der Waals surface area (Å²) in [6.07, 6.45) is 3.56. The van der Waals surface area contributed by atoms with E-state index in [0.717, 1.165) is 53.3 Å². The van der Waals surface area contributed by atoms with E-state index in [1.165, 1.54) is 0 Å². The zero-order valence-corrected chi connectivity index (χ0v) is 14.8. The highest BCUT2D eigenvalue weighted by atomic mass is 127. The van der Waals surface area contributed by atoms with Gasteiger partial charge in [-0.25, -0.2) is 4.98 Å². The van der Waals surface area contributed by atoms with Crippen LogP contribution in [0, 0.1) is 3.57 Å². The first-order chi connectivity index (χ1) is 10.2. The van der Waals surface area contributed by atoms with E-state index in [1.54, 1.807) is 13.3 Å². The first-order valence-electron chi connectivity index (χ1n) is 6.80. The van der Waals surface area contributed by atoms with Crippen LogP contribution in [0.25, 0.3) is 11.3 Å². The minimum atomic E-state index is 0.700. The molecule has 114 valence electrons. The van der Waals surface area contributed by atoms with Crippen molar-refractivity contribution in [2.24, 2.45) is 0 Å². The molecule has 1 aromatic carbocycles. The maximum absolute atomic E-state index is 6.03. The van der Waals surface area contributed by atoms with Gasteiger partial charge in [0.05, 0.1) is 12.8 Å². The van der Waals surface area contributed by atoms with Crippen LogP contribution in [0.1, 0.15) is 12.3 Å². The van der Waals surface area contributed by atoms with Crippen LogP contribution >= 0.6 is 34.2 Å². The molecule has 1 aromatic heterocycles. The monoisotopic (exact) mass is 420 g/mol. The van der Waals surface area contributed by atoms with E-state index in [9.17, 15) is 0 Å². The van der Waals surface area contributed by atoms with Gasteiger partial charge in [-0.3, -0.25) is 0 Å². The van der Waals surface area contributed by atoms with Crippen molar-refractivity contribution in [1.29, 1.82) is 0 Å². The Morgan fingerprint density at radius 3 is 3.05 bits per heavy atom. The summed E-state index contributed by atoms with van der Waals surface area (Å²) in [5.74, 6) is 1.53. The van der Waals surface area contributed by atoms with E-state index in [4.69, 9.17) is 20.8 Å². The molecule has 0 radical (unpaired) electrons. The number of nitrogens with zero attached hydrogens (tertiary/aromatic N) is 1. The standard InChI is InChI=1S/C15H18ClIN2O2/c1-20-8-7-18-6-2-3-15-19-10-14(21-15)12-9-11(16)4-5-13(12)17/h4-5,9-10,18H,2-3,6-8H2,1H3. The maximum atomic E-state index is 6.03. The number of oxazole rings is 1. The molecular formula is C15H18ClIN2O2. The van der Waals surface area contributed by atoms with Crippen molar-refractivity contribution in [2.75, 3.05) is 26.8 Å². The molecule has 1 heterocycles. The molecule has 1 N–H and O–H groups in total. The quantitative estimate of drug-likeness (QED) is 0.522. The van der Waals surface area contributed by atoms with Gasteiger partial charge in [0, 0.05) is 34.2 Å². The SMILES string of the molecule is COCCNCCCc1ncc(-c2cc(Cl)ccc2I)o1. The van der Waals surface area contributed by atoms with E-state index < -0.39 is 0 Å². The molecule has 4 nitrogen and oxygen atoms in total. The predicted octanol–water partition coefficient (Wildman–Crippen LogP) is 3.77. The summed E-state index contributed by atoms with van der Waals surface area (Å²) in [7, 11) is 1.70. The zero-order chi connectivity index (χ0) is 15.1. The van der Waals surface area contributed by atoms with Crippen LogP contribution in [0.2, 0.25) is 5.02 Å². The number of hydrogen-bond acceptors (Lipinski definition) is 4. The Morgan fingerprint density at radius 2 is 2.24 bits per heavy atom. The number of rotatable bonds is 8. The molecule has 21 heavy (non-hydrogen) atoms. The van der Waals surface area contributed by atoms with Crippen molar-refractivity contribution in [2.45, 2.75) is 12.8 Å². The minimum Gasteiger partial charge on any atom is -0.441 e. The number of methoxy groups -OCH3 is 1. The van der Waals surface area contributed by atoms with E-state index in [0.29, 0.717) is 5.02 Å². The van der Waals surface area contributed by atoms with Gasteiger partial charge < -0.3 is 14.5 Å². The van der Waals surface area contributed by atoms with Gasteiger partial charge in [-0.05, 0) is 53.8 Å². The minimum absolute atomic E-state index is 0.700. The third-order valence-corrected chi connectivity index (χ3v) is 4.15. The number of halogens is 2. The Morgan fingerprint density at radius 1 is 1.38 bits per heavy atom. The molecule has 0 aliphatic heterocycles. The summed E-state index contributed by atoms with van der Waals surface area (Å²) in [5.41, 5.74) is 0.986. The average molecular weight is 421 g/mol. The predicted molar refractivity (Wildman–Crippen MR) is 92.7 cm³/mol. The van der Waals surface area contributed by atoms with Gasteiger partial charge in [0.15, 0.2) is 11.7 Å². The van der Waals surface area contributed by atoms with E-state index in [1.807, 2.05) is 18.2 Å². The Bertz CT molecular complexity index is 575. The number of ether oxygens (including phenoxy) is 1. The highest BCUT2D eigenvalue weighted by molar-refractivity contribution is 14.1. The fourth-order valence-electron chi connectivity index (χ4n) is 1.90. The number of benzene rings is 1. The molecule has 0 amide bonds. The van der Waals surface area contributed by atoms with Gasteiger partial charge >= 0.3 is 0 Å². The topological polar surface area (TPSA) is 47.3 Å². The van der Waals surface area contributed by atoms with Crippen LogP contribution in [-0.2, 0) is 11.2 Å². The first kappa shape index (κ1) is 16.7. The van der Waals surface area contributed by atoms with Crippen LogP contribution in [-0.4, -0.2) is 31.8 Å². The molecule has 0 saturated heterocycles. The number of nitrogens with one attached hydrogen (secondary N) is 1. The molecule has 6 heteroatoms. The fraction of sp³-hybridized carbons (Fsp3) is 0.400. The molecule has 0 fully saturated rings. The lowest BCUT2D eigenvalue weighted by Crippen LogP contribution is -2.20. The van der Waals surface area contributed by atoms with Crippen molar-refractivity contribution in [3.8, 4) is 11.3 Å². The van der Waals surface area contributed by atoms with Crippen LogP contribution < -0.4 is 5.32 Å². The van der Waals surface area contributed by atoms with Crippen LogP contribution in [0.5, 0.6) is 0 Å². The molecule has 0 atom stereocenters. The summed E-state index contributed by atoms with van der Waals surface area (Å²) in [6.45, 7) is 2.53. The summed E-state index contributed by atoms with van der Waals surface area (Å²) >= 11 is 8.30. The fourth-order valence-corrected chi connectivity index (χ4v) is 2.67. The van der Waals surface area contributed by atoms with Gasteiger partial charge in [-0.15, -0.1) is 0 Å². The largest absolute Gasteiger partial charge is 0.441 e. The highest BCUT2D eigenvalue weighted by Crippen LogP contribution is 2.28. The van der Waals surface area contributed by atoms with Gasteiger partial charge in [0.25, 0.3) is 0 Å². The Balaban J connectivity index is 1.88. The number of aromatic nitrogens is 1. The van der Waals surface area contributed by atoms with Crippen LogP contribution in [0.4, 0.5) is 0 Å². The molecule has 0 unspecified atom stereocenters. The van der Waals surface area contributed by atoms with Crippen LogP contribution in [0.15, 0.2) is 28.8 Å². The van der Waals surface area contributed by atoms with Crippen molar-refractivity contribution in [3.63, 3.8) is 0 Å². The second kappa shape index (κ2) is 8.73. The molecule has 0 aliphatic carbocycles. The second-order valence-corrected chi connectivity index (χ2v) is 6.19. The third kappa shape index (κ3) is 5.25. The van der Waals surface area contributed by atoms with Gasteiger partial charge in [0.1, 0.15) is 0 Å². The molecule has 2 aromatic rings. The van der Waals surface area contributed by atoms with E-state index in [2.05, 4.69) is 32.9 Å². The third-order valence-electron chi connectivity index (χ3n) is 2.97. The maximum Gasteiger partial charge on any atom is 0.194 e. The molecule has 0 saturated carbocycles. The van der Waals surface area contributed by atoms with E-state index >= 15 is 0 Å². The Labute approximate surface area is 143 Å². The molecule has 0 aliphatic rings. The summed E-state index contributed by atoms with van der Waals surface area (Å²) in [4.78, 5) is 4.33. The van der Waals surface area contributed by atoms with Crippen LogP contribution in [0.3, 0.4) is 0 Å². The van der Waals surface area contributed by atoms with Crippen molar-refractivity contribution in [3.05, 3.63) is 38.9 Å². The lowest BCUT2D eigenvalue weighted by Gasteiger charge is -2.02. The summed E-state index contributed by atoms with van der Waals surface area (Å²) < 4.78 is 11.9. The van der Waals surface area contributed by atoms with Crippen molar-refractivity contribution in [1.82, 2.24) is 10.3 Å². The van der Waals surface area contributed by atoms with E-state index in [-0.39, 0.29) is 0 Å². The normalized spacial score (nSPS) is 11.0. The molecule has 2 rings (SSSR count). The van der Waals surface area contributed by atoms with Gasteiger partial charge in [-0.2, -0.15) is 0 Å². The Hall–Kier alpha value is -0.630. The van der Waals surface area contributed by atoms with Gasteiger partial charge in [-0.1, -0.05) is 11.6 Å². The first-order valence-corrected chi connectivity index (χ1v) is 8.26. The van der Waals surface area contributed by atoms with Gasteiger partial charge in [0.2, 0.25) is 0 Å². The molecule has 0 spiro atoms. The number of aryl methyl sites for hydroxylation is 1. The highest BCUT2D eigenvalue weighted by Gasteiger charge is 2.10. The zero-order valence-electron chi connectivity index (χ0n) is 11.9. The molecular weight excluding hydrogens is 403 g/mol.